The fourth-order valence-corrected chi connectivity index (χ4v) is 3.89. The van der Waals surface area contributed by atoms with Crippen LogP contribution in [0.15, 0.2) is 24.3 Å². The van der Waals surface area contributed by atoms with Crippen molar-refractivity contribution in [2.75, 3.05) is 45.8 Å². The summed E-state index contributed by atoms with van der Waals surface area (Å²) in [6, 6.07) is 3.85. The standard InChI is InChI=1S/C20H23F3N4O4/c1-29-15-4-3-12(9-16(15)30-2)13-10-17(20(21,22)23)27-18(24-13)11-14(25-27)19(28)26-5-7-31-8-6-26/h3-4,9,11,13,17,24H,5-8,10H2,1-2H3. The van der Waals surface area contributed by atoms with E-state index in [1.165, 1.54) is 25.2 Å². The number of hydrogen-bond donors (Lipinski definition) is 1. The summed E-state index contributed by atoms with van der Waals surface area (Å²) in [5.74, 6) is 0.644. The second-order valence-corrected chi connectivity index (χ2v) is 7.37. The highest BCUT2D eigenvalue weighted by Crippen LogP contribution is 2.44. The number of hydrogen-bond acceptors (Lipinski definition) is 6. The van der Waals surface area contributed by atoms with Crippen molar-refractivity contribution >= 4 is 11.7 Å². The Balaban J connectivity index is 1.66. The summed E-state index contributed by atoms with van der Waals surface area (Å²) >= 11 is 0. The van der Waals surface area contributed by atoms with Crippen LogP contribution < -0.4 is 14.8 Å². The van der Waals surface area contributed by atoms with Gasteiger partial charge in [0.15, 0.2) is 23.2 Å². The molecule has 0 aliphatic carbocycles. The van der Waals surface area contributed by atoms with Crippen molar-refractivity contribution in [3.8, 4) is 11.5 Å². The predicted molar refractivity (Wildman–Crippen MR) is 105 cm³/mol. The van der Waals surface area contributed by atoms with Crippen molar-refractivity contribution in [3.63, 3.8) is 0 Å². The number of halogens is 3. The molecule has 1 N–H and O–H groups in total. The normalized spacial score (nSPS) is 21.3. The van der Waals surface area contributed by atoms with E-state index in [0.717, 1.165) is 4.68 Å². The van der Waals surface area contributed by atoms with Crippen LogP contribution in [0.5, 0.6) is 11.5 Å². The highest BCUT2D eigenvalue weighted by atomic mass is 19.4. The van der Waals surface area contributed by atoms with E-state index in [-0.39, 0.29) is 17.9 Å². The summed E-state index contributed by atoms with van der Waals surface area (Å²) in [6.07, 6.45) is -4.81. The molecule has 168 valence electrons. The maximum absolute atomic E-state index is 13.9. The number of rotatable bonds is 4. The van der Waals surface area contributed by atoms with E-state index in [0.29, 0.717) is 43.4 Å². The van der Waals surface area contributed by atoms with Crippen molar-refractivity contribution < 1.29 is 32.2 Å². The highest BCUT2D eigenvalue weighted by Gasteiger charge is 2.47. The quantitative estimate of drug-likeness (QED) is 0.788. The van der Waals surface area contributed by atoms with Crippen molar-refractivity contribution in [1.29, 1.82) is 0 Å². The first-order valence-electron chi connectivity index (χ1n) is 9.83. The van der Waals surface area contributed by atoms with Crippen LogP contribution >= 0.6 is 0 Å². The van der Waals surface area contributed by atoms with E-state index in [1.807, 2.05) is 0 Å². The van der Waals surface area contributed by atoms with E-state index in [1.54, 1.807) is 18.2 Å². The average molecular weight is 440 g/mol. The second-order valence-electron chi connectivity index (χ2n) is 7.37. The Kier molecular flexibility index (Phi) is 5.69. The molecule has 8 nitrogen and oxygen atoms in total. The number of nitrogens with zero attached hydrogens (tertiary/aromatic N) is 3. The molecule has 3 heterocycles. The average Bonchev–Trinajstić information content (AvgIpc) is 3.21. The Hall–Kier alpha value is -2.95. The van der Waals surface area contributed by atoms with Gasteiger partial charge in [0.25, 0.3) is 5.91 Å². The van der Waals surface area contributed by atoms with Crippen molar-refractivity contribution in [2.24, 2.45) is 0 Å². The molecule has 4 rings (SSSR count). The number of fused-ring (bicyclic) bond motifs is 1. The van der Waals surface area contributed by atoms with Gasteiger partial charge in [-0.25, -0.2) is 4.68 Å². The van der Waals surface area contributed by atoms with E-state index in [9.17, 15) is 18.0 Å². The molecule has 1 saturated heterocycles. The van der Waals surface area contributed by atoms with Crippen LogP contribution in [0, 0.1) is 0 Å². The molecule has 11 heteroatoms. The monoisotopic (exact) mass is 440 g/mol. The number of ether oxygens (including phenoxy) is 3. The van der Waals surface area contributed by atoms with Gasteiger partial charge >= 0.3 is 6.18 Å². The molecular formula is C20H23F3N4O4. The van der Waals surface area contributed by atoms with E-state index < -0.39 is 24.2 Å². The van der Waals surface area contributed by atoms with E-state index in [2.05, 4.69) is 10.4 Å². The first-order chi connectivity index (χ1) is 14.8. The molecule has 31 heavy (non-hydrogen) atoms. The van der Waals surface area contributed by atoms with Crippen LogP contribution in [0.3, 0.4) is 0 Å². The second kappa shape index (κ2) is 8.29. The third-order valence-electron chi connectivity index (χ3n) is 5.52. The smallest absolute Gasteiger partial charge is 0.410 e. The number of morpholine rings is 1. The maximum atomic E-state index is 13.9. The number of aromatic nitrogens is 2. The minimum absolute atomic E-state index is 0.0217. The zero-order valence-corrected chi connectivity index (χ0v) is 17.1. The number of carbonyl (C=O) groups excluding carboxylic acids is 1. The van der Waals surface area contributed by atoms with Gasteiger partial charge in [-0.05, 0) is 17.7 Å². The van der Waals surface area contributed by atoms with Crippen LogP contribution in [0.25, 0.3) is 0 Å². The predicted octanol–water partition coefficient (Wildman–Crippen LogP) is 3.03. The summed E-state index contributed by atoms with van der Waals surface area (Å²) in [5, 5.41) is 7.11. The lowest BCUT2D eigenvalue weighted by Crippen LogP contribution is -2.41. The number of benzene rings is 1. The lowest BCUT2D eigenvalue weighted by molar-refractivity contribution is -0.173. The first kappa shape index (κ1) is 21.3. The summed E-state index contributed by atoms with van der Waals surface area (Å²) in [6.45, 7) is 1.55. The third-order valence-corrected chi connectivity index (χ3v) is 5.52. The van der Waals surface area contributed by atoms with Gasteiger partial charge in [-0.1, -0.05) is 6.07 Å². The van der Waals surface area contributed by atoms with Crippen molar-refractivity contribution in [2.45, 2.75) is 24.7 Å². The summed E-state index contributed by atoms with van der Waals surface area (Å²) in [5.41, 5.74) is 0.590. The zero-order valence-electron chi connectivity index (χ0n) is 17.1. The molecule has 0 bridgehead atoms. The van der Waals surface area contributed by atoms with Crippen LogP contribution in [0.1, 0.15) is 34.6 Å². The lowest BCUT2D eigenvalue weighted by Gasteiger charge is -2.33. The molecule has 1 fully saturated rings. The number of methoxy groups -OCH3 is 2. The van der Waals surface area contributed by atoms with Crippen molar-refractivity contribution in [1.82, 2.24) is 14.7 Å². The van der Waals surface area contributed by atoms with Gasteiger partial charge in [-0.15, -0.1) is 0 Å². The molecule has 1 amide bonds. The van der Waals surface area contributed by atoms with E-state index >= 15 is 0 Å². The fraction of sp³-hybridized carbons (Fsp3) is 0.500. The number of nitrogens with one attached hydrogen (secondary N) is 1. The molecule has 2 aromatic rings. The van der Waals surface area contributed by atoms with Crippen LogP contribution in [-0.4, -0.2) is 67.3 Å². The number of anilines is 1. The number of alkyl halides is 3. The van der Waals surface area contributed by atoms with Gasteiger partial charge in [-0.3, -0.25) is 4.79 Å². The first-order valence-corrected chi connectivity index (χ1v) is 9.83. The Morgan fingerprint density at radius 2 is 1.87 bits per heavy atom. The fourth-order valence-electron chi connectivity index (χ4n) is 3.89. The van der Waals surface area contributed by atoms with Crippen LogP contribution in [0.4, 0.5) is 19.0 Å². The third kappa shape index (κ3) is 4.14. The van der Waals surface area contributed by atoms with Crippen molar-refractivity contribution in [3.05, 3.63) is 35.5 Å². The minimum Gasteiger partial charge on any atom is -0.493 e. The topological polar surface area (TPSA) is 77.9 Å². The summed E-state index contributed by atoms with van der Waals surface area (Å²) < 4.78 is 58.3. The zero-order chi connectivity index (χ0) is 22.2. The van der Waals surface area contributed by atoms with Gasteiger partial charge in [0.2, 0.25) is 0 Å². The summed E-state index contributed by atoms with van der Waals surface area (Å²) in [7, 11) is 2.95. The molecule has 1 aromatic heterocycles. The Labute approximate surface area is 176 Å². The Morgan fingerprint density at radius 1 is 1.16 bits per heavy atom. The maximum Gasteiger partial charge on any atom is 0.410 e. The molecule has 2 atom stereocenters. The Bertz CT molecular complexity index is 956. The largest absolute Gasteiger partial charge is 0.493 e. The van der Waals surface area contributed by atoms with Crippen LogP contribution in [0.2, 0.25) is 0 Å². The molecule has 0 radical (unpaired) electrons. The van der Waals surface area contributed by atoms with Gasteiger partial charge in [0, 0.05) is 25.6 Å². The molecule has 2 aliphatic heterocycles. The number of amides is 1. The lowest BCUT2D eigenvalue weighted by atomic mass is 9.96. The molecule has 2 aliphatic rings. The molecule has 1 aromatic carbocycles. The molecule has 0 spiro atoms. The molecule has 2 unspecified atom stereocenters. The summed E-state index contributed by atoms with van der Waals surface area (Å²) in [4.78, 5) is 14.3. The van der Waals surface area contributed by atoms with Crippen LogP contribution in [-0.2, 0) is 4.74 Å². The van der Waals surface area contributed by atoms with Gasteiger partial charge in [0.05, 0.1) is 33.5 Å². The highest BCUT2D eigenvalue weighted by molar-refractivity contribution is 5.93. The number of carbonyl (C=O) groups is 1. The van der Waals surface area contributed by atoms with E-state index in [4.69, 9.17) is 14.2 Å². The Morgan fingerprint density at radius 3 is 2.52 bits per heavy atom. The molecular weight excluding hydrogens is 417 g/mol. The van der Waals surface area contributed by atoms with Gasteiger partial charge in [0.1, 0.15) is 5.82 Å². The minimum atomic E-state index is -4.53. The van der Waals surface area contributed by atoms with Gasteiger partial charge < -0.3 is 24.4 Å². The van der Waals surface area contributed by atoms with Gasteiger partial charge in [-0.2, -0.15) is 18.3 Å². The molecule has 0 saturated carbocycles. The SMILES string of the molecule is COc1ccc(C2CC(C(F)(F)F)n3nc(C(=O)N4CCOCC4)cc3N2)cc1OC.